The first-order valence-corrected chi connectivity index (χ1v) is 7.70. The smallest absolute Gasteiger partial charge is 0.126 e. The SMILES string of the molecule is C[C@H](c1ccccn1)N(C)Cc1csc(-c2ccoc2)n1. The molecule has 4 nitrogen and oxygen atoms in total. The third-order valence-corrected chi connectivity index (χ3v) is 4.45. The van der Waals surface area contributed by atoms with Crippen molar-refractivity contribution in [2.45, 2.75) is 19.5 Å². The Balaban J connectivity index is 1.69. The number of nitrogens with zero attached hydrogens (tertiary/aromatic N) is 3. The third kappa shape index (κ3) is 3.20. The van der Waals surface area contributed by atoms with E-state index in [9.17, 15) is 0 Å². The lowest BCUT2D eigenvalue weighted by Gasteiger charge is -2.23. The Morgan fingerprint density at radius 1 is 1.33 bits per heavy atom. The van der Waals surface area contributed by atoms with Crippen molar-refractivity contribution in [3.63, 3.8) is 0 Å². The largest absolute Gasteiger partial charge is 0.472 e. The van der Waals surface area contributed by atoms with E-state index < -0.39 is 0 Å². The number of rotatable bonds is 5. The predicted octanol–water partition coefficient (Wildman–Crippen LogP) is 3.99. The molecule has 0 amide bonds. The van der Waals surface area contributed by atoms with E-state index in [0.29, 0.717) is 0 Å². The summed E-state index contributed by atoms with van der Waals surface area (Å²) in [7, 11) is 2.09. The summed E-state index contributed by atoms with van der Waals surface area (Å²) in [6.45, 7) is 2.96. The van der Waals surface area contributed by atoms with E-state index in [4.69, 9.17) is 4.42 Å². The minimum atomic E-state index is 0.255. The molecule has 0 N–H and O–H groups in total. The van der Waals surface area contributed by atoms with Crippen molar-refractivity contribution in [2.75, 3.05) is 7.05 Å². The average Bonchev–Trinajstić information content (AvgIpc) is 3.18. The highest BCUT2D eigenvalue weighted by atomic mass is 32.1. The average molecular weight is 299 g/mol. The summed E-state index contributed by atoms with van der Waals surface area (Å²) in [5, 5.41) is 3.10. The van der Waals surface area contributed by atoms with Gasteiger partial charge in [-0.3, -0.25) is 9.88 Å². The molecule has 3 rings (SSSR count). The van der Waals surface area contributed by atoms with E-state index in [2.05, 4.69) is 40.3 Å². The molecule has 0 saturated carbocycles. The fraction of sp³-hybridized carbons (Fsp3) is 0.250. The van der Waals surface area contributed by atoms with Gasteiger partial charge in [-0.15, -0.1) is 11.3 Å². The van der Waals surface area contributed by atoms with Gasteiger partial charge in [0, 0.05) is 29.7 Å². The van der Waals surface area contributed by atoms with Crippen molar-refractivity contribution in [1.82, 2.24) is 14.9 Å². The van der Waals surface area contributed by atoms with Gasteiger partial charge >= 0.3 is 0 Å². The van der Waals surface area contributed by atoms with Gasteiger partial charge in [-0.2, -0.15) is 0 Å². The molecule has 0 aliphatic heterocycles. The van der Waals surface area contributed by atoms with Gasteiger partial charge in [0.15, 0.2) is 0 Å². The van der Waals surface area contributed by atoms with E-state index in [1.54, 1.807) is 23.9 Å². The first kappa shape index (κ1) is 14.0. The maximum Gasteiger partial charge on any atom is 0.126 e. The molecule has 0 bridgehead atoms. The molecule has 0 radical (unpaired) electrons. The predicted molar refractivity (Wildman–Crippen MR) is 83.9 cm³/mol. The van der Waals surface area contributed by atoms with Gasteiger partial charge in [0.2, 0.25) is 0 Å². The number of pyridine rings is 1. The van der Waals surface area contributed by atoms with Gasteiger partial charge in [0.25, 0.3) is 0 Å². The maximum absolute atomic E-state index is 5.10. The highest BCUT2D eigenvalue weighted by Crippen LogP contribution is 2.25. The number of hydrogen-bond donors (Lipinski definition) is 0. The Morgan fingerprint density at radius 2 is 2.24 bits per heavy atom. The van der Waals surface area contributed by atoms with E-state index >= 15 is 0 Å². The van der Waals surface area contributed by atoms with Crippen molar-refractivity contribution in [1.29, 1.82) is 0 Å². The Labute approximate surface area is 128 Å². The second kappa shape index (κ2) is 6.20. The van der Waals surface area contributed by atoms with Crippen molar-refractivity contribution >= 4 is 11.3 Å². The van der Waals surface area contributed by atoms with Gasteiger partial charge in [-0.05, 0) is 32.2 Å². The zero-order valence-electron chi connectivity index (χ0n) is 12.1. The molecule has 0 unspecified atom stereocenters. The fourth-order valence-electron chi connectivity index (χ4n) is 2.14. The summed E-state index contributed by atoms with van der Waals surface area (Å²) in [6.07, 6.45) is 5.23. The molecule has 1 atom stereocenters. The highest BCUT2D eigenvalue weighted by molar-refractivity contribution is 7.13. The van der Waals surface area contributed by atoms with Crippen LogP contribution in [0.5, 0.6) is 0 Å². The molecule has 3 heterocycles. The Bertz CT molecular complexity index is 679. The summed E-state index contributed by atoms with van der Waals surface area (Å²) in [6, 6.07) is 8.20. The van der Waals surface area contributed by atoms with Gasteiger partial charge in [0.05, 0.1) is 17.7 Å². The van der Waals surface area contributed by atoms with Gasteiger partial charge in [-0.1, -0.05) is 6.07 Å². The van der Waals surface area contributed by atoms with Crippen molar-refractivity contribution in [2.24, 2.45) is 0 Å². The molecular formula is C16H17N3OS. The molecule has 5 heteroatoms. The van der Waals surface area contributed by atoms with E-state index in [-0.39, 0.29) is 6.04 Å². The Morgan fingerprint density at radius 3 is 2.95 bits per heavy atom. The van der Waals surface area contributed by atoms with Crippen LogP contribution in [0.2, 0.25) is 0 Å². The van der Waals surface area contributed by atoms with Gasteiger partial charge in [0.1, 0.15) is 11.3 Å². The van der Waals surface area contributed by atoms with Crippen LogP contribution in [0.15, 0.2) is 52.8 Å². The minimum absolute atomic E-state index is 0.255. The molecule has 0 spiro atoms. The van der Waals surface area contributed by atoms with Crippen molar-refractivity contribution in [3.8, 4) is 10.6 Å². The minimum Gasteiger partial charge on any atom is -0.472 e. The van der Waals surface area contributed by atoms with Crippen molar-refractivity contribution in [3.05, 3.63) is 59.8 Å². The lowest BCUT2D eigenvalue weighted by Crippen LogP contribution is -2.22. The van der Waals surface area contributed by atoms with Crippen LogP contribution < -0.4 is 0 Å². The normalized spacial score (nSPS) is 12.7. The van der Waals surface area contributed by atoms with E-state index in [0.717, 1.165) is 28.5 Å². The van der Waals surface area contributed by atoms with E-state index in [1.165, 1.54) is 0 Å². The molecule has 0 fully saturated rings. The first-order valence-electron chi connectivity index (χ1n) is 6.82. The van der Waals surface area contributed by atoms with Crippen LogP contribution in [-0.4, -0.2) is 21.9 Å². The van der Waals surface area contributed by atoms with Crippen LogP contribution in [0, 0.1) is 0 Å². The summed E-state index contributed by atoms with van der Waals surface area (Å²) >= 11 is 1.64. The zero-order valence-corrected chi connectivity index (χ0v) is 12.9. The highest BCUT2D eigenvalue weighted by Gasteiger charge is 2.14. The number of thiazole rings is 1. The second-order valence-corrected chi connectivity index (χ2v) is 5.86. The van der Waals surface area contributed by atoms with Crippen LogP contribution in [0.25, 0.3) is 10.6 Å². The number of furan rings is 1. The van der Waals surface area contributed by atoms with Crippen LogP contribution in [0.4, 0.5) is 0 Å². The zero-order chi connectivity index (χ0) is 14.7. The lowest BCUT2D eigenvalue weighted by atomic mass is 10.2. The molecule has 3 aromatic rings. The molecule has 21 heavy (non-hydrogen) atoms. The maximum atomic E-state index is 5.10. The molecule has 3 aromatic heterocycles. The summed E-state index contributed by atoms with van der Waals surface area (Å²) in [4.78, 5) is 11.3. The first-order chi connectivity index (χ1) is 10.2. The van der Waals surface area contributed by atoms with Gasteiger partial charge < -0.3 is 4.42 Å². The summed E-state index contributed by atoms with van der Waals surface area (Å²) in [5.74, 6) is 0. The monoisotopic (exact) mass is 299 g/mol. The quantitative estimate of drug-likeness (QED) is 0.714. The standard InChI is InChI=1S/C16H17N3OS/c1-12(15-5-3-4-7-17-15)19(2)9-14-11-21-16(18-14)13-6-8-20-10-13/h3-8,10-12H,9H2,1-2H3/t12-/m1/s1. The summed E-state index contributed by atoms with van der Waals surface area (Å²) < 4.78 is 5.10. The lowest BCUT2D eigenvalue weighted by molar-refractivity contribution is 0.246. The molecule has 0 aromatic carbocycles. The summed E-state index contributed by atoms with van der Waals surface area (Å²) in [5.41, 5.74) is 3.18. The molecular weight excluding hydrogens is 282 g/mol. The second-order valence-electron chi connectivity index (χ2n) is 5.00. The molecule has 0 aliphatic rings. The Hall–Kier alpha value is -1.98. The number of aromatic nitrogens is 2. The van der Waals surface area contributed by atoms with Gasteiger partial charge in [-0.25, -0.2) is 4.98 Å². The fourth-order valence-corrected chi connectivity index (χ4v) is 2.94. The van der Waals surface area contributed by atoms with Crippen LogP contribution in [0.1, 0.15) is 24.4 Å². The van der Waals surface area contributed by atoms with Crippen LogP contribution in [-0.2, 0) is 6.54 Å². The molecule has 0 aliphatic carbocycles. The van der Waals surface area contributed by atoms with E-state index in [1.807, 2.05) is 24.4 Å². The van der Waals surface area contributed by atoms with Crippen molar-refractivity contribution < 1.29 is 4.42 Å². The third-order valence-electron chi connectivity index (χ3n) is 3.51. The van der Waals surface area contributed by atoms with Crippen LogP contribution >= 0.6 is 11.3 Å². The molecule has 108 valence electrons. The topological polar surface area (TPSA) is 42.2 Å². The van der Waals surface area contributed by atoms with Crippen LogP contribution in [0.3, 0.4) is 0 Å². The number of hydrogen-bond acceptors (Lipinski definition) is 5. The molecule has 0 saturated heterocycles. The Kier molecular flexibility index (Phi) is 4.13.